The summed E-state index contributed by atoms with van der Waals surface area (Å²) in [6.07, 6.45) is 1.95. The Balaban J connectivity index is 3.92. The SMILES string of the molecule is COC(C=C(C)C=O)OC. The van der Waals surface area contributed by atoms with Gasteiger partial charge in [0.2, 0.25) is 0 Å². The van der Waals surface area contributed by atoms with Gasteiger partial charge in [-0.1, -0.05) is 0 Å². The van der Waals surface area contributed by atoms with E-state index in [1.54, 1.807) is 13.0 Å². The van der Waals surface area contributed by atoms with Crippen molar-refractivity contribution in [1.82, 2.24) is 0 Å². The highest BCUT2D eigenvalue weighted by atomic mass is 16.7. The molecule has 3 nitrogen and oxygen atoms in total. The topological polar surface area (TPSA) is 35.5 Å². The molecule has 0 aromatic heterocycles. The quantitative estimate of drug-likeness (QED) is 0.332. The molecule has 0 saturated heterocycles. The number of ether oxygens (including phenoxy) is 2. The van der Waals surface area contributed by atoms with Gasteiger partial charge < -0.3 is 9.47 Å². The second kappa shape index (κ2) is 5.14. The Bertz CT molecular complexity index is 125. The molecule has 0 radical (unpaired) electrons. The molecular weight excluding hydrogens is 132 g/mol. The van der Waals surface area contributed by atoms with Crippen LogP contribution in [0.4, 0.5) is 0 Å². The molecule has 3 heteroatoms. The van der Waals surface area contributed by atoms with Gasteiger partial charge in [-0.2, -0.15) is 0 Å². The van der Waals surface area contributed by atoms with Crippen LogP contribution in [0.15, 0.2) is 11.6 Å². The zero-order valence-electron chi connectivity index (χ0n) is 6.46. The van der Waals surface area contributed by atoms with Gasteiger partial charge in [-0.15, -0.1) is 0 Å². The summed E-state index contributed by atoms with van der Waals surface area (Å²) >= 11 is 0. The summed E-state index contributed by atoms with van der Waals surface area (Å²) in [5, 5.41) is 0. The van der Waals surface area contributed by atoms with E-state index in [1.165, 1.54) is 14.2 Å². The minimum absolute atomic E-state index is 0.412. The van der Waals surface area contributed by atoms with E-state index in [0.29, 0.717) is 5.57 Å². The van der Waals surface area contributed by atoms with Gasteiger partial charge in [-0.3, -0.25) is 4.79 Å². The summed E-state index contributed by atoms with van der Waals surface area (Å²) in [6.45, 7) is 1.69. The van der Waals surface area contributed by atoms with Crippen molar-refractivity contribution in [1.29, 1.82) is 0 Å². The van der Waals surface area contributed by atoms with Crippen molar-refractivity contribution in [2.75, 3.05) is 14.2 Å². The Kier molecular flexibility index (Phi) is 4.80. The number of hydrogen-bond donors (Lipinski definition) is 0. The van der Waals surface area contributed by atoms with Crippen molar-refractivity contribution in [3.63, 3.8) is 0 Å². The van der Waals surface area contributed by atoms with Gasteiger partial charge in [0.15, 0.2) is 6.29 Å². The molecule has 0 aliphatic rings. The molecule has 0 amide bonds. The minimum Gasteiger partial charge on any atom is -0.352 e. The summed E-state index contributed by atoms with van der Waals surface area (Å²) in [4.78, 5) is 10.1. The fourth-order valence-corrected chi connectivity index (χ4v) is 0.486. The summed E-state index contributed by atoms with van der Waals surface area (Å²) < 4.78 is 9.63. The molecule has 0 aliphatic heterocycles. The Morgan fingerprint density at radius 1 is 1.40 bits per heavy atom. The molecule has 0 aromatic carbocycles. The standard InChI is InChI=1S/C7H12O3/c1-6(5-8)4-7(9-2)10-3/h4-5,7H,1-3H3. The van der Waals surface area contributed by atoms with Crippen molar-refractivity contribution >= 4 is 6.29 Å². The number of carbonyl (C=O) groups excluding carboxylic acids is 1. The van der Waals surface area contributed by atoms with E-state index >= 15 is 0 Å². The van der Waals surface area contributed by atoms with Crippen LogP contribution in [-0.4, -0.2) is 26.8 Å². The van der Waals surface area contributed by atoms with E-state index in [0.717, 1.165) is 6.29 Å². The molecular formula is C7H12O3. The van der Waals surface area contributed by atoms with Crippen LogP contribution in [0.3, 0.4) is 0 Å². The average Bonchev–Trinajstić information content (AvgIpc) is 1.99. The molecule has 0 fully saturated rings. The molecule has 0 aromatic rings. The van der Waals surface area contributed by atoms with Gasteiger partial charge in [0.05, 0.1) is 0 Å². The van der Waals surface area contributed by atoms with Gasteiger partial charge in [-0.05, 0) is 18.6 Å². The number of allylic oxidation sites excluding steroid dienone is 1. The maximum atomic E-state index is 10.1. The zero-order valence-corrected chi connectivity index (χ0v) is 6.46. The van der Waals surface area contributed by atoms with E-state index in [4.69, 9.17) is 9.47 Å². The molecule has 0 atom stereocenters. The highest BCUT2D eigenvalue weighted by Crippen LogP contribution is 1.96. The van der Waals surface area contributed by atoms with Crippen LogP contribution in [0.25, 0.3) is 0 Å². The van der Waals surface area contributed by atoms with Crippen LogP contribution in [0.2, 0.25) is 0 Å². The fourth-order valence-electron chi connectivity index (χ4n) is 0.486. The van der Waals surface area contributed by atoms with Crippen molar-refractivity contribution in [3.05, 3.63) is 11.6 Å². The molecule has 58 valence electrons. The van der Waals surface area contributed by atoms with E-state index in [-0.39, 0.29) is 0 Å². The van der Waals surface area contributed by atoms with Gasteiger partial charge in [-0.25, -0.2) is 0 Å². The third-order valence-electron chi connectivity index (χ3n) is 1.05. The third-order valence-corrected chi connectivity index (χ3v) is 1.05. The first-order valence-electron chi connectivity index (χ1n) is 2.93. The highest BCUT2D eigenvalue weighted by Gasteiger charge is 1.98. The Labute approximate surface area is 60.6 Å². The van der Waals surface area contributed by atoms with Crippen LogP contribution >= 0.6 is 0 Å². The lowest BCUT2D eigenvalue weighted by Gasteiger charge is -2.07. The number of aldehydes is 1. The summed E-state index contributed by atoms with van der Waals surface area (Å²) in [6, 6.07) is 0. The third kappa shape index (κ3) is 3.37. The lowest BCUT2D eigenvalue weighted by atomic mass is 10.3. The lowest BCUT2D eigenvalue weighted by Crippen LogP contribution is -2.09. The van der Waals surface area contributed by atoms with Crippen molar-refractivity contribution in [2.45, 2.75) is 13.2 Å². The molecule has 0 N–H and O–H groups in total. The van der Waals surface area contributed by atoms with Gasteiger partial charge >= 0.3 is 0 Å². The normalized spacial score (nSPS) is 12.2. The highest BCUT2D eigenvalue weighted by molar-refractivity contribution is 5.72. The van der Waals surface area contributed by atoms with Crippen LogP contribution in [0.1, 0.15) is 6.92 Å². The first-order chi connectivity index (χ1) is 4.74. The largest absolute Gasteiger partial charge is 0.352 e. The van der Waals surface area contributed by atoms with E-state index in [9.17, 15) is 4.79 Å². The van der Waals surface area contributed by atoms with Crippen LogP contribution in [0.5, 0.6) is 0 Å². The first-order valence-corrected chi connectivity index (χ1v) is 2.93. The predicted molar refractivity (Wildman–Crippen MR) is 37.6 cm³/mol. The van der Waals surface area contributed by atoms with Crippen molar-refractivity contribution in [3.8, 4) is 0 Å². The molecule has 0 unspecified atom stereocenters. The molecule has 0 rings (SSSR count). The summed E-state index contributed by atoms with van der Waals surface area (Å²) in [5.41, 5.74) is 0.605. The smallest absolute Gasteiger partial charge is 0.176 e. The number of carbonyl (C=O) groups is 1. The maximum absolute atomic E-state index is 10.1. The van der Waals surface area contributed by atoms with Gasteiger partial charge in [0.25, 0.3) is 0 Å². The lowest BCUT2D eigenvalue weighted by molar-refractivity contribution is -0.105. The summed E-state index contributed by atoms with van der Waals surface area (Å²) in [7, 11) is 3.03. The number of methoxy groups -OCH3 is 2. The van der Waals surface area contributed by atoms with Crippen molar-refractivity contribution < 1.29 is 14.3 Å². The van der Waals surface area contributed by atoms with E-state index in [1.807, 2.05) is 0 Å². The molecule has 0 spiro atoms. The van der Waals surface area contributed by atoms with Crippen LogP contribution < -0.4 is 0 Å². The van der Waals surface area contributed by atoms with E-state index in [2.05, 4.69) is 0 Å². The molecule has 0 bridgehead atoms. The molecule has 0 aliphatic carbocycles. The first kappa shape index (κ1) is 9.33. The molecule has 0 heterocycles. The number of hydrogen-bond acceptors (Lipinski definition) is 3. The average molecular weight is 144 g/mol. The molecule has 0 saturated carbocycles. The predicted octanol–water partition coefficient (Wildman–Crippen LogP) is 0.751. The minimum atomic E-state index is -0.412. The monoisotopic (exact) mass is 144 g/mol. The second-order valence-corrected chi connectivity index (χ2v) is 1.87. The zero-order chi connectivity index (χ0) is 7.98. The van der Waals surface area contributed by atoms with Gasteiger partial charge in [0.1, 0.15) is 6.29 Å². The second-order valence-electron chi connectivity index (χ2n) is 1.87. The molecule has 10 heavy (non-hydrogen) atoms. The Morgan fingerprint density at radius 2 is 1.90 bits per heavy atom. The Hall–Kier alpha value is -0.670. The van der Waals surface area contributed by atoms with Crippen LogP contribution in [0, 0.1) is 0 Å². The Morgan fingerprint density at radius 3 is 2.20 bits per heavy atom. The summed E-state index contributed by atoms with van der Waals surface area (Å²) in [5.74, 6) is 0. The number of rotatable bonds is 4. The van der Waals surface area contributed by atoms with Crippen molar-refractivity contribution in [2.24, 2.45) is 0 Å². The van der Waals surface area contributed by atoms with E-state index < -0.39 is 6.29 Å². The van der Waals surface area contributed by atoms with Crippen LogP contribution in [-0.2, 0) is 14.3 Å². The fraction of sp³-hybridized carbons (Fsp3) is 0.571. The van der Waals surface area contributed by atoms with Gasteiger partial charge in [0, 0.05) is 14.2 Å². The maximum Gasteiger partial charge on any atom is 0.176 e.